The van der Waals surface area contributed by atoms with Crippen molar-refractivity contribution in [3.05, 3.63) is 42.0 Å². The maximum Gasteiger partial charge on any atom is 0.196 e. The first-order chi connectivity index (χ1) is 17.0. The van der Waals surface area contributed by atoms with Gasteiger partial charge in [0.2, 0.25) is 0 Å². The zero-order chi connectivity index (χ0) is 24.3. The lowest BCUT2D eigenvalue weighted by atomic mass is 10.1. The van der Waals surface area contributed by atoms with E-state index in [2.05, 4.69) is 31.9 Å². The van der Waals surface area contributed by atoms with Crippen LogP contribution in [0, 0.1) is 17.7 Å². The van der Waals surface area contributed by atoms with E-state index in [1.807, 2.05) is 25.1 Å². The number of piperidine rings is 1. The number of benzene rings is 1. The van der Waals surface area contributed by atoms with Gasteiger partial charge in [-0.25, -0.2) is 14.4 Å². The molecule has 0 amide bonds. The standard InChI is InChI=1S/C25H25FN8S/c1-4-5-17-18(28-2)8-13(9-30-17)35-25-32-23-20(14-6-12(26)7-19(29-3)22(14)31-23)24(33-25)34-10-15-16(11-34)21(15)27/h4-9,15-16,21,29H,2,10-11,27H2,1,3H3,(H,31,32,33)/b5-4-/t15-,16+,21+. The fourth-order valence-corrected chi connectivity index (χ4v) is 5.82. The molecule has 35 heavy (non-hydrogen) atoms. The number of pyridine rings is 1. The maximum absolute atomic E-state index is 14.5. The number of halogens is 1. The number of hydrogen-bond donors (Lipinski definition) is 3. The molecule has 1 saturated heterocycles. The first kappa shape index (κ1) is 22.0. The SMILES string of the molecule is C=Nc1cc(Sc2nc(N3C[C@@H]4[C@@H](N)[C@@H]4C3)c3c(n2)[nH]c2c(NC)cc(F)cc23)cnc1/C=C\C. The summed E-state index contributed by atoms with van der Waals surface area (Å²) in [6.07, 6.45) is 5.59. The Morgan fingerprint density at radius 3 is 2.80 bits per heavy atom. The van der Waals surface area contributed by atoms with Crippen molar-refractivity contribution in [3.63, 3.8) is 0 Å². The highest BCUT2D eigenvalue weighted by molar-refractivity contribution is 7.99. The summed E-state index contributed by atoms with van der Waals surface area (Å²) in [7, 11) is 1.78. The largest absolute Gasteiger partial charge is 0.386 e. The van der Waals surface area contributed by atoms with E-state index in [1.165, 1.54) is 17.8 Å². The van der Waals surface area contributed by atoms with Gasteiger partial charge >= 0.3 is 0 Å². The number of anilines is 2. The predicted molar refractivity (Wildman–Crippen MR) is 140 cm³/mol. The van der Waals surface area contributed by atoms with Crippen molar-refractivity contribution in [2.75, 3.05) is 30.4 Å². The van der Waals surface area contributed by atoms with E-state index in [0.29, 0.717) is 34.0 Å². The topological polar surface area (TPSA) is 108 Å². The van der Waals surface area contributed by atoms with Crippen molar-refractivity contribution in [2.45, 2.75) is 23.0 Å². The van der Waals surface area contributed by atoms with E-state index in [9.17, 15) is 4.39 Å². The molecule has 1 aromatic carbocycles. The fraction of sp³-hybridized carbons (Fsp3) is 0.280. The van der Waals surface area contributed by atoms with Crippen LogP contribution in [0.15, 0.2) is 45.5 Å². The number of nitrogens with one attached hydrogen (secondary N) is 2. The smallest absolute Gasteiger partial charge is 0.196 e. The summed E-state index contributed by atoms with van der Waals surface area (Å²) in [5.41, 5.74) is 9.79. The van der Waals surface area contributed by atoms with E-state index in [0.717, 1.165) is 45.8 Å². The molecule has 2 aliphatic rings. The van der Waals surface area contributed by atoms with Crippen molar-refractivity contribution in [3.8, 4) is 0 Å². The number of hydrogen-bond acceptors (Lipinski definition) is 8. The molecule has 8 nitrogen and oxygen atoms in total. The molecule has 3 aromatic heterocycles. The summed E-state index contributed by atoms with van der Waals surface area (Å²) in [5, 5.41) is 5.24. The van der Waals surface area contributed by atoms with Crippen molar-refractivity contribution < 1.29 is 4.39 Å². The first-order valence-electron chi connectivity index (χ1n) is 11.5. The van der Waals surface area contributed by atoms with Crippen molar-refractivity contribution in [1.82, 2.24) is 19.9 Å². The Bertz CT molecular complexity index is 1500. The molecule has 4 heterocycles. The van der Waals surface area contributed by atoms with E-state index < -0.39 is 0 Å². The van der Waals surface area contributed by atoms with E-state index in [4.69, 9.17) is 15.7 Å². The minimum Gasteiger partial charge on any atom is -0.386 e. The van der Waals surface area contributed by atoms with Crippen LogP contribution in [0.25, 0.3) is 28.0 Å². The van der Waals surface area contributed by atoms with Gasteiger partial charge in [0.25, 0.3) is 0 Å². The lowest BCUT2D eigenvalue weighted by molar-refractivity contribution is 0.630. The number of aliphatic imine (C=N–C) groups is 1. The Hall–Kier alpha value is -3.50. The molecule has 1 aliphatic carbocycles. The van der Waals surface area contributed by atoms with Crippen LogP contribution in [0.1, 0.15) is 12.6 Å². The minimum atomic E-state index is -0.310. The molecule has 10 heteroatoms. The third-order valence-corrected chi connectivity index (χ3v) is 7.71. The second-order valence-corrected chi connectivity index (χ2v) is 9.99. The van der Waals surface area contributed by atoms with Crippen molar-refractivity contribution in [2.24, 2.45) is 22.6 Å². The van der Waals surface area contributed by atoms with Gasteiger partial charge in [-0.1, -0.05) is 6.08 Å². The van der Waals surface area contributed by atoms with Crippen LogP contribution < -0.4 is 16.0 Å². The number of fused-ring (bicyclic) bond motifs is 4. The monoisotopic (exact) mass is 488 g/mol. The van der Waals surface area contributed by atoms with Crippen LogP contribution in [0.2, 0.25) is 0 Å². The third-order valence-electron chi connectivity index (χ3n) is 6.89. The molecule has 0 radical (unpaired) electrons. The Morgan fingerprint density at radius 2 is 2.09 bits per heavy atom. The quantitative estimate of drug-likeness (QED) is 0.269. The van der Waals surface area contributed by atoms with Crippen LogP contribution in [0.4, 0.5) is 21.6 Å². The number of allylic oxidation sites excluding steroid dienone is 1. The van der Waals surface area contributed by atoms with Gasteiger partial charge in [-0.2, -0.15) is 0 Å². The van der Waals surface area contributed by atoms with Gasteiger partial charge in [-0.05, 0) is 61.5 Å². The molecule has 1 aliphatic heterocycles. The summed E-state index contributed by atoms with van der Waals surface area (Å²) in [6, 6.07) is 5.22. The Balaban J connectivity index is 1.48. The van der Waals surface area contributed by atoms with E-state index in [1.54, 1.807) is 19.3 Å². The lowest BCUT2D eigenvalue weighted by Crippen LogP contribution is -2.29. The Labute approximate surface area is 206 Å². The molecular formula is C25H25FN8S. The van der Waals surface area contributed by atoms with Gasteiger partial charge < -0.3 is 20.9 Å². The van der Waals surface area contributed by atoms with Crippen LogP contribution in [-0.4, -0.2) is 52.8 Å². The van der Waals surface area contributed by atoms with Crippen LogP contribution in [0.5, 0.6) is 0 Å². The summed E-state index contributed by atoms with van der Waals surface area (Å²) >= 11 is 1.41. The predicted octanol–water partition coefficient (Wildman–Crippen LogP) is 4.60. The molecular weight excluding hydrogens is 463 g/mol. The van der Waals surface area contributed by atoms with Gasteiger partial charge in [0.1, 0.15) is 17.3 Å². The van der Waals surface area contributed by atoms with Crippen molar-refractivity contribution >= 4 is 63.7 Å². The zero-order valence-electron chi connectivity index (χ0n) is 19.4. The molecule has 4 N–H and O–H groups in total. The molecule has 0 bridgehead atoms. The Kier molecular flexibility index (Phi) is 5.23. The normalized spacial score (nSPS) is 21.3. The molecule has 1 saturated carbocycles. The molecule has 0 unspecified atom stereocenters. The molecule has 3 atom stereocenters. The minimum absolute atomic E-state index is 0.264. The van der Waals surface area contributed by atoms with E-state index >= 15 is 0 Å². The number of aromatic nitrogens is 4. The van der Waals surface area contributed by atoms with Gasteiger partial charge in [0.05, 0.1) is 28.0 Å². The van der Waals surface area contributed by atoms with Crippen molar-refractivity contribution in [1.29, 1.82) is 0 Å². The maximum atomic E-state index is 14.5. The Morgan fingerprint density at radius 1 is 1.29 bits per heavy atom. The van der Waals surface area contributed by atoms with E-state index in [-0.39, 0.29) is 11.9 Å². The number of rotatable bonds is 6. The average molecular weight is 489 g/mol. The first-order valence-corrected chi connectivity index (χ1v) is 12.3. The van der Waals surface area contributed by atoms with Gasteiger partial charge in [0, 0.05) is 42.7 Å². The highest BCUT2D eigenvalue weighted by Gasteiger charge is 2.54. The zero-order valence-corrected chi connectivity index (χ0v) is 20.2. The van der Waals surface area contributed by atoms with Crippen LogP contribution in [0.3, 0.4) is 0 Å². The molecule has 178 valence electrons. The van der Waals surface area contributed by atoms with Gasteiger partial charge in [-0.15, -0.1) is 0 Å². The number of nitrogens with two attached hydrogens (primary N) is 1. The fourth-order valence-electron chi connectivity index (χ4n) is 5.06. The molecule has 6 rings (SSSR count). The second kappa shape index (κ2) is 8.31. The average Bonchev–Trinajstić information content (AvgIpc) is 3.20. The molecule has 2 fully saturated rings. The van der Waals surface area contributed by atoms with Gasteiger partial charge in [0.15, 0.2) is 5.16 Å². The molecule has 4 aromatic rings. The summed E-state index contributed by atoms with van der Waals surface area (Å²) < 4.78 is 14.5. The van der Waals surface area contributed by atoms with Crippen LogP contribution in [-0.2, 0) is 0 Å². The number of aromatic amines is 1. The number of H-pyrrole nitrogens is 1. The van der Waals surface area contributed by atoms with Crippen LogP contribution >= 0.6 is 11.8 Å². The highest BCUT2D eigenvalue weighted by atomic mass is 32.2. The van der Waals surface area contributed by atoms with Gasteiger partial charge in [-0.3, -0.25) is 9.98 Å². The number of nitrogens with zero attached hydrogens (tertiary/aromatic N) is 5. The summed E-state index contributed by atoms with van der Waals surface area (Å²) in [4.78, 5) is 24.9. The molecule has 0 spiro atoms. The highest BCUT2D eigenvalue weighted by Crippen LogP contribution is 2.47. The lowest BCUT2D eigenvalue weighted by Gasteiger charge is -2.21. The summed E-state index contributed by atoms with van der Waals surface area (Å²) in [5.74, 6) is 1.46. The summed E-state index contributed by atoms with van der Waals surface area (Å²) in [6.45, 7) is 7.29. The third kappa shape index (κ3) is 3.64. The second-order valence-electron chi connectivity index (χ2n) is 8.95.